The van der Waals surface area contributed by atoms with E-state index in [-0.39, 0.29) is 0 Å². The molecule has 0 radical (unpaired) electrons. The molecular formula is C13H22N4OS. The number of aromatic nitrogens is 2. The number of methoxy groups -OCH3 is 1. The Bertz CT molecular complexity index is 508. The molecule has 1 N–H and O–H groups in total. The lowest BCUT2D eigenvalue weighted by atomic mass is 10.3. The van der Waals surface area contributed by atoms with Gasteiger partial charge in [0.05, 0.1) is 18.0 Å². The summed E-state index contributed by atoms with van der Waals surface area (Å²) in [5.74, 6) is 0. The van der Waals surface area contributed by atoms with E-state index in [1.807, 2.05) is 0 Å². The molecule has 0 aliphatic rings. The first-order valence-electron chi connectivity index (χ1n) is 6.51. The summed E-state index contributed by atoms with van der Waals surface area (Å²) in [5, 5.41) is 5.55. The Morgan fingerprint density at radius 1 is 1.47 bits per heavy atom. The van der Waals surface area contributed by atoms with Gasteiger partial charge in [-0.05, 0) is 14.0 Å². The Balaban J connectivity index is 1.76. The fourth-order valence-electron chi connectivity index (χ4n) is 1.99. The van der Waals surface area contributed by atoms with Crippen LogP contribution in [0.25, 0.3) is 4.96 Å². The van der Waals surface area contributed by atoms with E-state index >= 15 is 0 Å². The lowest BCUT2D eigenvalue weighted by molar-refractivity contribution is 0.161. The number of hydrogen-bond acceptors (Lipinski definition) is 5. The van der Waals surface area contributed by atoms with Crippen LogP contribution in [0.15, 0.2) is 11.6 Å². The summed E-state index contributed by atoms with van der Waals surface area (Å²) >= 11 is 1.68. The molecule has 106 valence electrons. The molecule has 5 nitrogen and oxygen atoms in total. The molecule has 19 heavy (non-hydrogen) atoms. The Morgan fingerprint density at radius 2 is 2.32 bits per heavy atom. The number of imidazole rings is 1. The summed E-state index contributed by atoms with van der Waals surface area (Å²) in [6.07, 6.45) is 2.09. The zero-order chi connectivity index (χ0) is 13.7. The third kappa shape index (κ3) is 3.76. The molecule has 0 aromatic carbocycles. The van der Waals surface area contributed by atoms with Crippen molar-refractivity contribution in [2.24, 2.45) is 0 Å². The summed E-state index contributed by atoms with van der Waals surface area (Å²) in [6, 6.07) is 0. The predicted octanol–water partition coefficient (Wildman–Crippen LogP) is 1.37. The molecule has 0 spiro atoms. The summed E-state index contributed by atoms with van der Waals surface area (Å²) in [7, 11) is 3.85. The number of aryl methyl sites for hydroxylation is 1. The third-order valence-corrected chi connectivity index (χ3v) is 3.96. The molecule has 0 unspecified atom stereocenters. The largest absolute Gasteiger partial charge is 0.383 e. The van der Waals surface area contributed by atoms with Gasteiger partial charge in [-0.3, -0.25) is 4.40 Å². The van der Waals surface area contributed by atoms with Crippen LogP contribution >= 0.6 is 11.3 Å². The Morgan fingerprint density at radius 3 is 3.11 bits per heavy atom. The van der Waals surface area contributed by atoms with Gasteiger partial charge in [0.15, 0.2) is 4.96 Å². The van der Waals surface area contributed by atoms with Gasteiger partial charge in [0.2, 0.25) is 0 Å². The van der Waals surface area contributed by atoms with Crippen LogP contribution in [0.5, 0.6) is 0 Å². The second kappa shape index (κ2) is 7.00. The highest BCUT2D eigenvalue weighted by atomic mass is 32.1. The maximum absolute atomic E-state index is 5.06. The SMILES string of the molecule is COCCN(C)CCNCc1c(C)nc2sccn12. The van der Waals surface area contributed by atoms with Gasteiger partial charge in [-0.15, -0.1) is 11.3 Å². The van der Waals surface area contributed by atoms with E-state index in [9.17, 15) is 0 Å². The van der Waals surface area contributed by atoms with Crippen molar-refractivity contribution in [2.45, 2.75) is 13.5 Å². The minimum absolute atomic E-state index is 0.785. The highest BCUT2D eigenvalue weighted by Crippen LogP contribution is 2.16. The summed E-state index contributed by atoms with van der Waals surface area (Å²) in [5.41, 5.74) is 2.38. The van der Waals surface area contributed by atoms with Crippen LogP contribution in [0.2, 0.25) is 0 Å². The van der Waals surface area contributed by atoms with Gasteiger partial charge in [0, 0.05) is 44.9 Å². The minimum atomic E-state index is 0.785. The normalized spacial score (nSPS) is 11.8. The van der Waals surface area contributed by atoms with E-state index in [0.29, 0.717) is 0 Å². The van der Waals surface area contributed by atoms with E-state index in [1.165, 1.54) is 5.69 Å². The number of ether oxygens (including phenoxy) is 1. The zero-order valence-electron chi connectivity index (χ0n) is 11.8. The van der Waals surface area contributed by atoms with E-state index in [2.05, 4.69) is 45.1 Å². The van der Waals surface area contributed by atoms with Gasteiger partial charge in [-0.2, -0.15) is 0 Å². The molecule has 0 aliphatic heterocycles. The number of likely N-dealkylation sites (N-methyl/N-ethyl adjacent to an activating group) is 1. The van der Waals surface area contributed by atoms with Crippen LogP contribution in [-0.2, 0) is 11.3 Å². The molecular weight excluding hydrogens is 260 g/mol. The van der Waals surface area contributed by atoms with E-state index in [1.54, 1.807) is 18.4 Å². The zero-order valence-corrected chi connectivity index (χ0v) is 12.7. The first-order chi connectivity index (χ1) is 9.22. The van der Waals surface area contributed by atoms with Crippen LogP contribution in [-0.4, -0.2) is 54.7 Å². The average molecular weight is 282 g/mol. The highest BCUT2D eigenvalue weighted by molar-refractivity contribution is 7.15. The molecule has 2 aromatic heterocycles. The monoisotopic (exact) mass is 282 g/mol. The third-order valence-electron chi connectivity index (χ3n) is 3.20. The van der Waals surface area contributed by atoms with Gasteiger partial charge < -0.3 is 15.0 Å². The predicted molar refractivity (Wildman–Crippen MR) is 78.9 cm³/mol. The number of rotatable bonds is 8. The first-order valence-corrected chi connectivity index (χ1v) is 7.39. The smallest absolute Gasteiger partial charge is 0.194 e. The summed E-state index contributed by atoms with van der Waals surface area (Å²) in [6.45, 7) is 6.68. The van der Waals surface area contributed by atoms with Crippen molar-refractivity contribution in [1.29, 1.82) is 0 Å². The summed E-state index contributed by atoms with van der Waals surface area (Å²) < 4.78 is 7.23. The van der Waals surface area contributed by atoms with Gasteiger partial charge >= 0.3 is 0 Å². The number of thiazole rings is 1. The van der Waals surface area contributed by atoms with Crippen molar-refractivity contribution in [1.82, 2.24) is 19.6 Å². The topological polar surface area (TPSA) is 41.8 Å². The van der Waals surface area contributed by atoms with Crippen LogP contribution < -0.4 is 5.32 Å². The van der Waals surface area contributed by atoms with Crippen molar-refractivity contribution >= 4 is 16.3 Å². The van der Waals surface area contributed by atoms with Crippen molar-refractivity contribution in [3.05, 3.63) is 23.0 Å². The lowest BCUT2D eigenvalue weighted by Crippen LogP contribution is -2.31. The second-order valence-electron chi connectivity index (χ2n) is 4.67. The number of fused-ring (bicyclic) bond motifs is 1. The molecule has 2 rings (SSSR count). The van der Waals surface area contributed by atoms with Crippen LogP contribution in [0.4, 0.5) is 0 Å². The molecule has 2 heterocycles. The van der Waals surface area contributed by atoms with Crippen LogP contribution in [0.1, 0.15) is 11.4 Å². The second-order valence-corrected chi connectivity index (χ2v) is 5.55. The standard InChI is InChI=1S/C13H22N4OS/c1-11-12(17-7-9-19-13(17)15-11)10-14-4-5-16(2)6-8-18-3/h7,9,14H,4-6,8,10H2,1-3H3. The van der Waals surface area contributed by atoms with Crippen molar-refractivity contribution in [3.63, 3.8) is 0 Å². The molecule has 0 saturated carbocycles. The molecule has 2 aromatic rings. The fourth-order valence-corrected chi connectivity index (χ4v) is 2.77. The summed E-state index contributed by atoms with van der Waals surface area (Å²) in [4.78, 5) is 7.88. The molecule has 0 amide bonds. The van der Waals surface area contributed by atoms with E-state index < -0.39 is 0 Å². The molecule has 0 atom stereocenters. The maximum atomic E-state index is 5.06. The molecule has 0 aliphatic carbocycles. The fraction of sp³-hybridized carbons (Fsp3) is 0.615. The highest BCUT2D eigenvalue weighted by Gasteiger charge is 2.08. The van der Waals surface area contributed by atoms with Crippen LogP contribution in [0.3, 0.4) is 0 Å². The van der Waals surface area contributed by atoms with Crippen molar-refractivity contribution < 1.29 is 4.74 Å². The quantitative estimate of drug-likeness (QED) is 0.743. The molecule has 6 heteroatoms. The molecule has 0 fully saturated rings. The van der Waals surface area contributed by atoms with Gasteiger partial charge in [0.25, 0.3) is 0 Å². The molecule has 0 saturated heterocycles. The number of nitrogens with one attached hydrogen (secondary N) is 1. The van der Waals surface area contributed by atoms with Gasteiger partial charge in [0.1, 0.15) is 0 Å². The lowest BCUT2D eigenvalue weighted by Gasteiger charge is -2.16. The van der Waals surface area contributed by atoms with E-state index in [4.69, 9.17) is 4.74 Å². The minimum Gasteiger partial charge on any atom is -0.383 e. The average Bonchev–Trinajstić information content (AvgIpc) is 2.94. The Labute approximate surface area is 118 Å². The van der Waals surface area contributed by atoms with Gasteiger partial charge in [-0.1, -0.05) is 0 Å². The Hall–Kier alpha value is -0.950. The Kier molecular flexibility index (Phi) is 5.33. The van der Waals surface area contributed by atoms with Crippen molar-refractivity contribution in [3.8, 4) is 0 Å². The number of nitrogens with zero attached hydrogens (tertiary/aromatic N) is 3. The van der Waals surface area contributed by atoms with Gasteiger partial charge in [-0.25, -0.2) is 4.98 Å². The molecule has 0 bridgehead atoms. The van der Waals surface area contributed by atoms with Crippen LogP contribution in [0, 0.1) is 6.92 Å². The maximum Gasteiger partial charge on any atom is 0.194 e. The first kappa shape index (κ1) is 14.5. The number of hydrogen-bond donors (Lipinski definition) is 1. The van der Waals surface area contributed by atoms with E-state index in [0.717, 1.165) is 43.4 Å². The van der Waals surface area contributed by atoms with Crippen molar-refractivity contribution in [2.75, 3.05) is 40.4 Å².